The normalized spacial score (nSPS) is 28.7. The fourth-order valence-electron chi connectivity index (χ4n) is 1.87. The molecule has 1 nitrogen and oxygen atoms in total. The van der Waals surface area contributed by atoms with E-state index < -0.39 is 0 Å². The zero-order chi connectivity index (χ0) is 11.3. The molecular formula is C14H22O. The van der Waals surface area contributed by atoms with E-state index in [9.17, 15) is 4.79 Å². The van der Waals surface area contributed by atoms with Gasteiger partial charge in [0.15, 0.2) is 5.78 Å². The van der Waals surface area contributed by atoms with Crippen LogP contribution in [0.3, 0.4) is 0 Å². The number of hydrogen-bond donors (Lipinski definition) is 0. The van der Waals surface area contributed by atoms with Gasteiger partial charge >= 0.3 is 0 Å². The van der Waals surface area contributed by atoms with Crippen LogP contribution in [0.5, 0.6) is 0 Å². The van der Waals surface area contributed by atoms with Crippen LogP contribution >= 0.6 is 0 Å². The van der Waals surface area contributed by atoms with Crippen molar-refractivity contribution in [3.63, 3.8) is 0 Å². The van der Waals surface area contributed by atoms with Gasteiger partial charge in [0.05, 0.1) is 0 Å². The minimum absolute atomic E-state index is 0.167. The first-order chi connectivity index (χ1) is 6.99. The Kier molecular flexibility index (Phi) is 4.31. The average molecular weight is 206 g/mol. The molecule has 0 spiro atoms. The van der Waals surface area contributed by atoms with Crippen molar-refractivity contribution in [3.05, 3.63) is 23.8 Å². The van der Waals surface area contributed by atoms with Gasteiger partial charge in [0, 0.05) is 6.42 Å². The molecule has 0 aromatic rings. The van der Waals surface area contributed by atoms with Gasteiger partial charge in [0.1, 0.15) is 0 Å². The van der Waals surface area contributed by atoms with E-state index >= 15 is 0 Å². The Morgan fingerprint density at radius 2 is 2.00 bits per heavy atom. The SMILES string of the molecule is C/C1=C\CCC(=O)/C=C/C(C)(C)CCC1. The van der Waals surface area contributed by atoms with Gasteiger partial charge in [0.2, 0.25) is 0 Å². The zero-order valence-electron chi connectivity index (χ0n) is 10.2. The first-order valence-corrected chi connectivity index (χ1v) is 5.87. The van der Waals surface area contributed by atoms with E-state index in [1.165, 1.54) is 18.4 Å². The molecule has 1 rings (SSSR count). The van der Waals surface area contributed by atoms with Gasteiger partial charge in [-0.15, -0.1) is 0 Å². The fraction of sp³-hybridized carbons (Fsp3) is 0.643. The van der Waals surface area contributed by atoms with Crippen LogP contribution in [0.25, 0.3) is 0 Å². The lowest BCUT2D eigenvalue weighted by Crippen LogP contribution is -2.07. The van der Waals surface area contributed by atoms with Crippen molar-refractivity contribution in [2.75, 3.05) is 0 Å². The molecule has 0 aromatic carbocycles. The predicted molar refractivity (Wildman–Crippen MR) is 64.8 cm³/mol. The topological polar surface area (TPSA) is 17.1 Å². The smallest absolute Gasteiger partial charge is 0.155 e. The summed E-state index contributed by atoms with van der Waals surface area (Å²) in [7, 11) is 0. The summed E-state index contributed by atoms with van der Waals surface area (Å²) in [5.41, 5.74) is 1.60. The summed E-state index contributed by atoms with van der Waals surface area (Å²) in [4.78, 5) is 11.5. The van der Waals surface area contributed by atoms with Crippen LogP contribution in [-0.4, -0.2) is 5.78 Å². The van der Waals surface area contributed by atoms with Gasteiger partial charge in [-0.05, 0) is 44.1 Å². The van der Waals surface area contributed by atoms with Crippen LogP contribution in [0.15, 0.2) is 23.8 Å². The maximum Gasteiger partial charge on any atom is 0.155 e. The number of carbonyl (C=O) groups excluding carboxylic acids is 1. The van der Waals surface area contributed by atoms with Gasteiger partial charge < -0.3 is 0 Å². The molecule has 1 aliphatic carbocycles. The van der Waals surface area contributed by atoms with Gasteiger partial charge in [-0.25, -0.2) is 0 Å². The Labute approximate surface area is 93.3 Å². The molecule has 0 aromatic heterocycles. The van der Waals surface area contributed by atoms with E-state index in [0.29, 0.717) is 6.42 Å². The summed E-state index contributed by atoms with van der Waals surface area (Å²) in [5, 5.41) is 0. The number of hydrogen-bond acceptors (Lipinski definition) is 1. The van der Waals surface area contributed by atoms with E-state index in [1.54, 1.807) is 6.08 Å². The molecule has 0 amide bonds. The van der Waals surface area contributed by atoms with Crippen LogP contribution in [0, 0.1) is 5.41 Å². The standard InChI is InChI=1S/C14H22O/c1-12-6-4-8-13(15)9-11-14(2,3)10-5-7-12/h6,9,11H,4-5,7-8,10H2,1-3H3/b11-9+,12-6+. The predicted octanol–water partition coefficient (Wildman–Crippen LogP) is 4.05. The van der Waals surface area contributed by atoms with Crippen molar-refractivity contribution in [1.82, 2.24) is 0 Å². The molecule has 84 valence electrons. The summed E-state index contributed by atoms with van der Waals surface area (Å²) < 4.78 is 0. The van der Waals surface area contributed by atoms with Crippen LogP contribution in [0.2, 0.25) is 0 Å². The lowest BCUT2D eigenvalue weighted by atomic mass is 9.86. The van der Waals surface area contributed by atoms with Gasteiger partial charge in [0.25, 0.3) is 0 Å². The molecule has 0 bridgehead atoms. The molecule has 0 N–H and O–H groups in total. The minimum atomic E-state index is 0.167. The highest BCUT2D eigenvalue weighted by Gasteiger charge is 2.14. The van der Waals surface area contributed by atoms with E-state index in [4.69, 9.17) is 0 Å². The van der Waals surface area contributed by atoms with E-state index in [2.05, 4.69) is 32.9 Å². The van der Waals surface area contributed by atoms with Crippen molar-refractivity contribution >= 4 is 5.78 Å². The summed E-state index contributed by atoms with van der Waals surface area (Å²) in [6, 6.07) is 0. The second kappa shape index (κ2) is 5.29. The summed E-state index contributed by atoms with van der Waals surface area (Å²) in [5.74, 6) is 0.258. The van der Waals surface area contributed by atoms with E-state index in [1.807, 2.05) is 0 Å². The molecule has 15 heavy (non-hydrogen) atoms. The maximum absolute atomic E-state index is 11.5. The van der Waals surface area contributed by atoms with Crippen LogP contribution in [0.4, 0.5) is 0 Å². The second-order valence-electron chi connectivity index (χ2n) is 5.23. The largest absolute Gasteiger partial charge is 0.295 e. The third-order valence-electron chi connectivity index (χ3n) is 3.00. The molecule has 0 radical (unpaired) electrons. The van der Waals surface area contributed by atoms with Crippen molar-refractivity contribution in [1.29, 1.82) is 0 Å². The maximum atomic E-state index is 11.5. The molecule has 1 heteroatoms. The van der Waals surface area contributed by atoms with Crippen LogP contribution in [-0.2, 0) is 4.79 Å². The summed E-state index contributed by atoms with van der Waals surface area (Å²) in [6.07, 6.45) is 11.2. The molecule has 0 unspecified atom stereocenters. The van der Waals surface area contributed by atoms with E-state index in [0.717, 1.165) is 12.8 Å². The number of rotatable bonds is 0. The van der Waals surface area contributed by atoms with Gasteiger partial charge in [-0.2, -0.15) is 0 Å². The number of carbonyl (C=O) groups is 1. The zero-order valence-corrected chi connectivity index (χ0v) is 10.2. The Balaban J connectivity index is 2.71. The third-order valence-corrected chi connectivity index (χ3v) is 3.00. The molecule has 0 atom stereocenters. The lowest BCUT2D eigenvalue weighted by molar-refractivity contribution is -0.114. The van der Waals surface area contributed by atoms with Crippen molar-refractivity contribution in [3.8, 4) is 0 Å². The van der Waals surface area contributed by atoms with Gasteiger partial charge in [-0.1, -0.05) is 31.6 Å². The van der Waals surface area contributed by atoms with Crippen LogP contribution < -0.4 is 0 Å². The van der Waals surface area contributed by atoms with Gasteiger partial charge in [-0.3, -0.25) is 4.79 Å². The quantitative estimate of drug-likeness (QED) is 0.546. The first-order valence-electron chi connectivity index (χ1n) is 5.87. The number of ketones is 1. The van der Waals surface area contributed by atoms with Crippen molar-refractivity contribution < 1.29 is 4.79 Å². The van der Waals surface area contributed by atoms with Crippen LogP contribution in [0.1, 0.15) is 52.9 Å². The van der Waals surface area contributed by atoms with Crippen molar-refractivity contribution in [2.24, 2.45) is 5.41 Å². The Bertz CT molecular complexity index is 282. The Morgan fingerprint density at radius 1 is 1.27 bits per heavy atom. The third kappa shape index (κ3) is 4.96. The molecule has 0 aliphatic heterocycles. The molecule has 0 saturated carbocycles. The lowest BCUT2D eigenvalue weighted by Gasteiger charge is -2.19. The Morgan fingerprint density at radius 3 is 2.73 bits per heavy atom. The monoisotopic (exact) mass is 206 g/mol. The Hall–Kier alpha value is -0.850. The minimum Gasteiger partial charge on any atom is -0.295 e. The fourth-order valence-corrected chi connectivity index (χ4v) is 1.87. The highest BCUT2D eigenvalue weighted by atomic mass is 16.1. The highest BCUT2D eigenvalue weighted by molar-refractivity contribution is 5.89. The number of allylic oxidation sites excluding steroid dienone is 4. The second-order valence-corrected chi connectivity index (χ2v) is 5.23. The molecule has 1 aliphatic rings. The average Bonchev–Trinajstić information content (AvgIpc) is 2.15. The van der Waals surface area contributed by atoms with Crippen molar-refractivity contribution in [2.45, 2.75) is 52.9 Å². The highest BCUT2D eigenvalue weighted by Crippen LogP contribution is 2.26. The molecular weight excluding hydrogens is 184 g/mol. The summed E-state index contributed by atoms with van der Waals surface area (Å²) >= 11 is 0. The first kappa shape index (κ1) is 12.2. The summed E-state index contributed by atoms with van der Waals surface area (Å²) in [6.45, 7) is 6.57. The molecule has 0 saturated heterocycles. The molecule has 0 heterocycles. The van der Waals surface area contributed by atoms with E-state index in [-0.39, 0.29) is 11.2 Å². The molecule has 0 fully saturated rings.